The zero-order valence-corrected chi connectivity index (χ0v) is 14.5. The molecule has 0 bridgehead atoms. The van der Waals surface area contributed by atoms with Crippen molar-refractivity contribution in [2.45, 2.75) is 6.42 Å². The number of carbonyl (C=O) groups is 3. The van der Waals surface area contributed by atoms with E-state index in [1.54, 1.807) is 36.4 Å². The number of carboxylic acid groups (broad SMARTS) is 1. The molecule has 136 valence electrons. The van der Waals surface area contributed by atoms with Crippen LogP contribution in [0.5, 0.6) is 5.75 Å². The number of benzene rings is 2. The van der Waals surface area contributed by atoms with Gasteiger partial charge in [-0.15, -0.1) is 0 Å². The second kappa shape index (κ2) is 9.43. The molecule has 0 radical (unpaired) electrons. The topological polar surface area (TPSA) is 105 Å². The van der Waals surface area contributed by atoms with E-state index >= 15 is 0 Å². The summed E-state index contributed by atoms with van der Waals surface area (Å²) in [6.07, 6.45) is 0.131. The van der Waals surface area contributed by atoms with Crippen LogP contribution in [-0.2, 0) is 9.59 Å². The Morgan fingerprint density at radius 1 is 1.04 bits per heavy atom. The number of hydrogen-bond acceptors (Lipinski definition) is 4. The van der Waals surface area contributed by atoms with E-state index in [-0.39, 0.29) is 18.9 Å². The van der Waals surface area contributed by atoms with E-state index in [0.717, 1.165) is 0 Å². The number of amides is 2. The second-order valence-corrected chi connectivity index (χ2v) is 5.64. The molecule has 0 atom stereocenters. The summed E-state index contributed by atoms with van der Waals surface area (Å²) >= 11 is 5.96. The van der Waals surface area contributed by atoms with E-state index in [9.17, 15) is 14.4 Å². The van der Waals surface area contributed by atoms with Crippen LogP contribution in [0, 0.1) is 0 Å². The number of aliphatic carboxylic acids is 1. The number of carbonyl (C=O) groups excluding carboxylic acids is 2. The molecule has 2 aromatic carbocycles. The first kappa shape index (κ1) is 19.3. The predicted octanol–water partition coefficient (Wildman–Crippen LogP) is 2.56. The van der Waals surface area contributed by atoms with Crippen LogP contribution in [-0.4, -0.2) is 36.0 Å². The molecule has 0 unspecified atom stereocenters. The van der Waals surface area contributed by atoms with Crippen molar-refractivity contribution >= 4 is 35.1 Å². The van der Waals surface area contributed by atoms with Gasteiger partial charge in [-0.05, 0) is 36.4 Å². The van der Waals surface area contributed by atoms with Crippen LogP contribution in [0.15, 0.2) is 48.5 Å². The number of hydrogen-bond donors (Lipinski definition) is 3. The zero-order valence-electron chi connectivity index (χ0n) is 13.7. The summed E-state index contributed by atoms with van der Waals surface area (Å²) < 4.78 is 5.45. The molecule has 0 aliphatic rings. The lowest BCUT2D eigenvalue weighted by atomic mass is 10.2. The van der Waals surface area contributed by atoms with E-state index in [1.165, 1.54) is 12.1 Å². The van der Waals surface area contributed by atoms with Gasteiger partial charge in [0.15, 0.2) is 0 Å². The highest BCUT2D eigenvalue weighted by Gasteiger charge is 2.08. The molecule has 0 saturated carbocycles. The van der Waals surface area contributed by atoms with Gasteiger partial charge in [-0.25, -0.2) is 0 Å². The van der Waals surface area contributed by atoms with Crippen molar-refractivity contribution in [3.05, 3.63) is 59.1 Å². The molecule has 2 amide bonds. The third-order valence-electron chi connectivity index (χ3n) is 3.25. The molecule has 2 aromatic rings. The highest BCUT2D eigenvalue weighted by atomic mass is 35.5. The molecule has 3 N–H and O–H groups in total. The fourth-order valence-electron chi connectivity index (χ4n) is 2.00. The molecule has 7 nitrogen and oxygen atoms in total. The van der Waals surface area contributed by atoms with Crippen molar-refractivity contribution in [2.24, 2.45) is 0 Å². The van der Waals surface area contributed by atoms with Crippen molar-refractivity contribution in [3.8, 4) is 5.75 Å². The number of carboxylic acids is 1. The summed E-state index contributed by atoms with van der Waals surface area (Å²) in [6, 6.07) is 13.1. The summed E-state index contributed by atoms with van der Waals surface area (Å²) in [4.78, 5) is 34.0. The fraction of sp³-hybridized carbons (Fsp3) is 0.167. The van der Waals surface area contributed by atoms with Crippen LogP contribution in [0.1, 0.15) is 16.8 Å². The Labute approximate surface area is 154 Å². The normalized spacial score (nSPS) is 10.0. The number of nitrogens with one attached hydrogen (secondary N) is 2. The van der Waals surface area contributed by atoms with E-state index in [4.69, 9.17) is 21.4 Å². The van der Waals surface area contributed by atoms with E-state index in [0.29, 0.717) is 22.0 Å². The number of halogens is 1. The molecule has 0 aliphatic carbocycles. The monoisotopic (exact) mass is 376 g/mol. The molecule has 2 rings (SSSR count). The Balaban J connectivity index is 1.79. The standard InChI is InChI=1S/C18H17ClN2O5/c19-14-3-1-2-4-15(14)26-10-9-16(22)21-13-7-5-12(6-8-13)18(25)20-11-17(23)24/h1-8H,9-11H2,(H,20,25)(H,21,22)(H,23,24). The maximum absolute atomic E-state index is 11.9. The van der Waals surface area contributed by atoms with E-state index in [1.807, 2.05) is 0 Å². The molecule has 0 saturated heterocycles. The van der Waals surface area contributed by atoms with Gasteiger partial charge in [0, 0.05) is 11.3 Å². The van der Waals surface area contributed by atoms with Crippen molar-refractivity contribution in [3.63, 3.8) is 0 Å². The Morgan fingerprint density at radius 2 is 1.73 bits per heavy atom. The third kappa shape index (κ3) is 6.10. The highest BCUT2D eigenvalue weighted by molar-refractivity contribution is 6.32. The van der Waals surface area contributed by atoms with Crippen molar-refractivity contribution in [1.29, 1.82) is 0 Å². The van der Waals surface area contributed by atoms with Crippen molar-refractivity contribution in [2.75, 3.05) is 18.5 Å². The molecular weight excluding hydrogens is 360 g/mol. The molecule has 0 spiro atoms. The Bertz CT molecular complexity index is 792. The highest BCUT2D eigenvalue weighted by Crippen LogP contribution is 2.23. The van der Waals surface area contributed by atoms with Gasteiger partial charge in [0.25, 0.3) is 5.91 Å². The number of para-hydroxylation sites is 1. The van der Waals surface area contributed by atoms with Crippen molar-refractivity contribution < 1.29 is 24.2 Å². The molecule has 0 aromatic heterocycles. The molecule has 8 heteroatoms. The first-order chi connectivity index (χ1) is 12.5. The van der Waals surface area contributed by atoms with Crippen molar-refractivity contribution in [1.82, 2.24) is 5.32 Å². The number of ether oxygens (including phenoxy) is 1. The Morgan fingerprint density at radius 3 is 2.38 bits per heavy atom. The predicted molar refractivity (Wildman–Crippen MR) is 96.6 cm³/mol. The third-order valence-corrected chi connectivity index (χ3v) is 3.57. The van der Waals surface area contributed by atoms with E-state index in [2.05, 4.69) is 10.6 Å². The van der Waals surface area contributed by atoms with Gasteiger partial charge in [-0.1, -0.05) is 23.7 Å². The summed E-state index contributed by atoms with van der Waals surface area (Å²) in [5.41, 5.74) is 0.814. The SMILES string of the molecule is O=C(O)CNC(=O)c1ccc(NC(=O)CCOc2ccccc2Cl)cc1. The van der Waals surface area contributed by atoms with Gasteiger partial charge >= 0.3 is 5.97 Å². The molecular formula is C18H17ClN2O5. The summed E-state index contributed by atoms with van der Waals surface area (Å²) in [6.45, 7) is -0.284. The Hall–Kier alpha value is -3.06. The first-order valence-electron chi connectivity index (χ1n) is 7.73. The number of anilines is 1. The molecule has 0 aliphatic heterocycles. The second-order valence-electron chi connectivity index (χ2n) is 5.23. The lowest BCUT2D eigenvalue weighted by Crippen LogP contribution is -2.29. The quantitative estimate of drug-likeness (QED) is 0.656. The van der Waals surface area contributed by atoms with Gasteiger partial charge in [-0.3, -0.25) is 14.4 Å². The number of rotatable bonds is 8. The molecule has 26 heavy (non-hydrogen) atoms. The minimum atomic E-state index is -1.12. The Kier molecular flexibility index (Phi) is 6.99. The van der Waals surface area contributed by atoms with Gasteiger partial charge in [-0.2, -0.15) is 0 Å². The first-order valence-corrected chi connectivity index (χ1v) is 8.11. The van der Waals surface area contributed by atoms with E-state index < -0.39 is 18.4 Å². The maximum atomic E-state index is 11.9. The van der Waals surface area contributed by atoms with Crippen LogP contribution in [0.4, 0.5) is 5.69 Å². The van der Waals surface area contributed by atoms with Crippen LogP contribution in [0.3, 0.4) is 0 Å². The zero-order chi connectivity index (χ0) is 18.9. The smallest absolute Gasteiger partial charge is 0.322 e. The fourth-order valence-corrected chi connectivity index (χ4v) is 2.19. The van der Waals surface area contributed by atoms with Gasteiger partial charge < -0.3 is 20.5 Å². The minimum absolute atomic E-state index is 0.131. The molecule has 0 fully saturated rings. The summed E-state index contributed by atoms with van der Waals surface area (Å²) in [5, 5.41) is 13.9. The van der Waals surface area contributed by atoms with Crippen LogP contribution in [0.2, 0.25) is 5.02 Å². The molecule has 0 heterocycles. The average molecular weight is 377 g/mol. The van der Waals surface area contributed by atoms with Crippen LogP contribution < -0.4 is 15.4 Å². The average Bonchev–Trinajstić information content (AvgIpc) is 2.62. The maximum Gasteiger partial charge on any atom is 0.322 e. The lowest BCUT2D eigenvalue weighted by Gasteiger charge is -2.09. The minimum Gasteiger partial charge on any atom is -0.491 e. The lowest BCUT2D eigenvalue weighted by molar-refractivity contribution is -0.135. The van der Waals surface area contributed by atoms with Crippen LogP contribution in [0.25, 0.3) is 0 Å². The van der Waals surface area contributed by atoms with Crippen LogP contribution >= 0.6 is 11.6 Å². The van der Waals surface area contributed by atoms with Gasteiger partial charge in [0.1, 0.15) is 12.3 Å². The summed E-state index contributed by atoms with van der Waals surface area (Å²) in [7, 11) is 0. The van der Waals surface area contributed by atoms with Gasteiger partial charge in [0.2, 0.25) is 5.91 Å². The largest absolute Gasteiger partial charge is 0.491 e. The summed E-state index contributed by atoms with van der Waals surface area (Å²) in [5.74, 6) is -1.36. The van der Waals surface area contributed by atoms with Gasteiger partial charge in [0.05, 0.1) is 18.1 Å².